The lowest BCUT2D eigenvalue weighted by atomic mass is 9.57. The maximum atomic E-state index is 12.8. The quantitative estimate of drug-likeness (QED) is 0.922. The molecule has 2 amide bonds. The zero-order valence-corrected chi connectivity index (χ0v) is 14.6. The summed E-state index contributed by atoms with van der Waals surface area (Å²) in [4.78, 5) is 14.9. The Morgan fingerprint density at radius 3 is 2.64 bits per heavy atom. The molecular formula is C20H24N4O. The van der Waals surface area contributed by atoms with Crippen molar-refractivity contribution in [3.05, 3.63) is 42.1 Å². The van der Waals surface area contributed by atoms with E-state index in [-0.39, 0.29) is 6.03 Å². The van der Waals surface area contributed by atoms with Gasteiger partial charge >= 0.3 is 6.03 Å². The summed E-state index contributed by atoms with van der Waals surface area (Å²) in [5.74, 6) is 1.37. The second-order valence-electron chi connectivity index (χ2n) is 7.97. The number of carbonyl (C=O) groups is 1. The van der Waals surface area contributed by atoms with Gasteiger partial charge < -0.3 is 4.90 Å². The molecule has 2 heterocycles. The Morgan fingerprint density at radius 1 is 1.24 bits per heavy atom. The summed E-state index contributed by atoms with van der Waals surface area (Å²) in [6.45, 7) is 2.94. The van der Waals surface area contributed by atoms with E-state index in [0.29, 0.717) is 17.3 Å². The van der Waals surface area contributed by atoms with E-state index in [1.54, 1.807) is 0 Å². The molecule has 1 saturated heterocycles. The number of para-hydroxylation sites is 1. The molecule has 1 atom stereocenters. The molecule has 2 aliphatic carbocycles. The van der Waals surface area contributed by atoms with E-state index in [9.17, 15) is 4.79 Å². The third kappa shape index (κ3) is 2.36. The highest BCUT2D eigenvalue weighted by Gasteiger charge is 2.61. The molecule has 130 valence electrons. The van der Waals surface area contributed by atoms with Gasteiger partial charge in [0, 0.05) is 29.8 Å². The van der Waals surface area contributed by atoms with Crippen LogP contribution in [0.2, 0.25) is 0 Å². The van der Waals surface area contributed by atoms with Crippen LogP contribution in [0.15, 0.2) is 36.4 Å². The molecule has 1 aromatic heterocycles. The third-order valence-corrected chi connectivity index (χ3v) is 6.25. The van der Waals surface area contributed by atoms with Crippen molar-refractivity contribution in [2.45, 2.75) is 45.1 Å². The number of likely N-dealkylation sites (tertiary alicyclic amines) is 1. The van der Waals surface area contributed by atoms with Crippen molar-refractivity contribution in [2.24, 2.45) is 11.3 Å². The second kappa shape index (κ2) is 5.35. The van der Waals surface area contributed by atoms with Crippen LogP contribution in [-0.2, 0) is 0 Å². The Bertz CT molecular complexity index is 804. The number of hydrogen-bond acceptors (Lipinski definition) is 2. The summed E-state index contributed by atoms with van der Waals surface area (Å²) in [6.07, 6.45) is 6.52. The monoisotopic (exact) mass is 336 g/mol. The molecule has 2 aromatic rings. The van der Waals surface area contributed by atoms with Gasteiger partial charge in [-0.25, -0.2) is 9.48 Å². The van der Waals surface area contributed by atoms with Crippen LogP contribution in [0, 0.1) is 18.3 Å². The summed E-state index contributed by atoms with van der Waals surface area (Å²) in [6, 6.07) is 12.4. The van der Waals surface area contributed by atoms with Crippen LogP contribution >= 0.6 is 0 Å². The van der Waals surface area contributed by atoms with Gasteiger partial charge in [-0.3, -0.25) is 5.32 Å². The van der Waals surface area contributed by atoms with Gasteiger partial charge in [-0.05, 0) is 50.7 Å². The number of hydrogen-bond donors (Lipinski definition) is 1. The first-order valence-electron chi connectivity index (χ1n) is 9.36. The summed E-state index contributed by atoms with van der Waals surface area (Å²) in [5, 5.41) is 7.60. The van der Waals surface area contributed by atoms with Gasteiger partial charge in [-0.2, -0.15) is 0 Å². The van der Waals surface area contributed by atoms with Gasteiger partial charge in [0.2, 0.25) is 0 Å². The molecule has 5 heteroatoms. The lowest BCUT2D eigenvalue weighted by molar-refractivity contribution is -0.104. The van der Waals surface area contributed by atoms with Gasteiger partial charge in [-0.15, -0.1) is 5.10 Å². The van der Waals surface area contributed by atoms with Crippen LogP contribution in [-0.4, -0.2) is 33.3 Å². The van der Waals surface area contributed by atoms with Crippen molar-refractivity contribution < 1.29 is 4.79 Å². The van der Waals surface area contributed by atoms with Gasteiger partial charge in [-0.1, -0.05) is 24.6 Å². The third-order valence-electron chi connectivity index (χ3n) is 6.25. The number of aryl methyl sites for hydroxylation is 1. The molecule has 3 aliphatic rings. The van der Waals surface area contributed by atoms with Crippen molar-refractivity contribution in [2.75, 3.05) is 11.9 Å². The lowest BCUT2D eigenvalue weighted by Crippen LogP contribution is -2.70. The first kappa shape index (κ1) is 15.0. The van der Waals surface area contributed by atoms with Crippen molar-refractivity contribution in [1.82, 2.24) is 14.7 Å². The minimum Gasteiger partial charge on any atom is -0.320 e. The molecule has 5 nitrogen and oxygen atoms in total. The number of aromatic nitrogens is 2. The van der Waals surface area contributed by atoms with Crippen LogP contribution in [0.3, 0.4) is 0 Å². The normalized spacial score (nSPS) is 23.9. The Balaban J connectivity index is 1.32. The zero-order chi connectivity index (χ0) is 17.0. The molecule has 1 N–H and O–H groups in total. The Hall–Kier alpha value is -2.30. The Morgan fingerprint density at radius 2 is 2.00 bits per heavy atom. The molecule has 25 heavy (non-hydrogen) atoms. The molecule has 3 fully saturated rings. The van der Waals surface area contributed by atoms with E-state index in [0.717, 1.165) is 23.8 Å². The molecule has 1 unspecified atom stereocenters. The molecule has 1 aromatic carbocycles. The fraction of sp³-hybridized carbons (Fsp3) is 0.500. The van der Waals surface area contributed by atoms with Crippen LogP contribution < -0.4 is 5.32 Å². The molecule has 5 rings (SSSR count). The van der Waals surface area contributed by atoms with Crippen molar-refractivity contribution >= 4 is 11.8 Å². The minimum atomic E-state index is 0.0205. The van der Waals surface area contributed by atoms with Gasteiger partial charge in [0.05, 0.1) is 5.69 Å². The van der Waals surface area contributed by atoms with Crippen LogP contribution in [0.25, 0.3) is 5.69 Å². The summed E-state index contributed by atoms with van der Waals surface area (Å²) < 4.78 is 1.87. The number of anilines is 1. The van der Waals surface area contributed by atoms with Gasteiger partial charge in [0.15, 0.2) is 5.82 Å². The first-order valence-corrected chi connectivity index (χ1v) is 9.36. The summed E-state index contributed by atoms with van der Waals surface area (Å²) >= 11 is 0. The highest BCUT2D eigenvalue weighted by atomic mass is 16.2. The predicted octanol–water partition coefficient (Wildman–Crippen LogP) is 3.98. The standard InChI is InChI=1S/C20H24N4O/c1-14-12-17(22-24(14)16-6-3-2-4-7-16)21-19(25)23-13-20(10-5-11-20)18(23)15-8-9-15/h2-4,6-7,12,15,18H,5,8-11,13H2,1H3,(H,21,22,25). The average Bonchev–Trinajstić information content (AvgIpc) is 3.28. The molecule has 1 spiro atoms. The smallest absolute Gasteiger partial charge is 0.320 e. The number of urea groups is 1. The SMILES string of the molecule is Cc1cc(NC(=O)N2CC3(CCC3)C2C2CC2)nn1-c1ccccc1. The maximum absolute atomic E-state index is 12.8. The van der Waals surface area contributed by atoms with Crippen molar-refractivity contribution in [3.8, 4) is 5.69 Å². The van der Waals surface area contributed by atoms with Gasteiger partial charge in [0.25, 0.3) is 0 Å². The van der Waals surface area contributed by atoms with Crippen molar-refractivity contribution in [3.63, 3.8) is 0 Å². The van der Waals surface area contributed by atoms with Crippen LogP contribution in [0.1, 0.15) is 37.8 Å². The highest BCUT2D eigenvalue weighted by molar-refractivity contribution is 5.89. The maximum Gasteiger partial charge on any atom is 0.323 e. The largest absolute Gasteiger partial charge is 0.323 e. The Kier molecular flexibility index (Phi) is 3.21. The lowest BCUT2D eigenvalue weighted by Gasteiger charge is -2.62. The highest BCUT2D eigenvalue weighted by Crippen LogP contribution is 2.59. The van der Waals surface area contributed by atoms with Crippen molar-refractivity contribution in [1.29, 1.82) is 0 Å². The van der Waals surface area contributed by atoms with E-state index in [1.165, 1.54) is 32.1 Å². The number of carbonyl (C=O) groups excluding carboxylic acids is 1. The molecule has 1 aliphatic heterocycles. The summed E-state index contributed by atoms with van der Waals surface area (Å²) in [5.41, 5.74) is 2.48. The predicted molar refractivity (Wildman–Crippen MR) is 96.8 cm³/mol. The van der Waals surface area contributed by atoms with E-state index in [2.05, 4.69) is 15.3 Å². The van der Waals surface area contributed by atoms with E-state index < -0.39 is 0 Å². The molecule has 0 bridgehead atoms. The number of rotatable bonds is 3. The molecular weight excluding hydrogens is 312 g/mol. The second-order valence-corrected chi connectivity index (χ2v) is 7.97. The summed E-state index contributed by atoms with van der Waals surface area (Å²) in [7, 11) is 0. The van der Waals surface area contributed by atoms with E-state index in [1.807, 2.05) is 48.0 Å². The first-order chi connectivity index (χ1) is 12.2. The fourth-order valence-corrected chi connectivity index (χ4v) is 4.75. The Labute approximate surface area is 148 Å². The van der Waals surface area contributed by atoms with E-state index in [4.69, 9.17) is 0 Å². The molecule has 0 radical (unpaired) electrons. The number of nitrogens with one attached hydrogen (secondary N) is 1. The minimum absolute atomic E-state index is 0.0205. The topological polar surface area (TPSA) is 50.2 Å². The zero-order valence-electron chi connectivity index (χ0n) is 14.6. The van der Waals surface area contributed by atoms with Crippen LogP contribution in [0.4, 0.5) is 10.6 Å². The average molecular weight is 336 g/mol. The van der Waals surface area contributed by atoms with Gasteiger partial charge in [0.1, 0.15) is 0 Å². The number of benzene rings is 1. The number of amides is 2. The van der Waals surface area contributed by atoms with E-state index >= 15 is 0 Å². The molecule has 2 saturated carbocycles. The number of nitrogens with zero attached hydrogens (tertiary/aromatic N) is 3. The van der Waals surface area contributed by atoms with Crippen LogP contribution in [0.5, 0.6) is 0 Å². The fourth-order valence-electron chi connectivity index (χ4n) is 4.75.